The Hall–Kier alpha value is -1.61. The molecule has 1 aromatic rings. The van der Waals surface area contributed by atoms with Gasteiger partial charge in [-0.1, -0.05) is 29.8 Å². The highest BCUT2D eigenvalue weighted by atomic mass is 16.3. The Labute approximate surface area is 109 Å². The van der Waals surface area contributed by atoms with Gasteiger partial charge in [0.2, 0.25) is 5.91 Å². The lowest BCUT2D eigenvalue weighted by atomic mass is 9.98. The van der Waals surface area contributed by atoms with E-state index in [0.717, 1.165) is 11.1 Å². The van der Waals surface area contributed by atoms with Crippen LogP contribution in [0.15, 0.2) is 30.9 Å². The minimum Gasteiger partial charge on any atom is -0.388 e. The molecule has 1 amide bonds. The molecule has 0 aliphatic carbocycles. The van der Waals surface area contributed by atoms with E-state index in [2.05, 4.69) is 11.9 Å². The summed E-state index contributed by atoms with van der Waals surface area (Å²) in [6, 6.07) is 5.94. The van der Waals surface area contributed by atoms with E-state index >= 15 is 0 Å². The number of hydrogen-bond donors (Lipinski definition) is 2. The maximum absolute atomic E-state index is 11.4. The first-order chi connectivity index (χ1) is 8.54. The van der Waals surface area contributed by atoms with Crippen LogP contribution in [-0.4, -0.2) is 17.6 Å². The highest BCUT2D eigenvalue weighted by molar-refractivity contribution is 5.76. The highest BCUT2D eigenvalue weighted by Gasteiger charge is 2.12. The molecule has 2 N–H and O–H groups in total. The van der Waals surface area contributed by atoms with Crippen LogP contribution in [0.3, 0.4) is 0 Å². The van der Waals surface area contributed by atoms with Crippen LogP contribution < -0.4 is 5.32 Å². The lowest BCUT2D eigenvalue weighted by Gasteiger charge is -2.14. The number of benzene rings is 1. The van der Waals surface area contributed by atoms with Crippen molar-refractivity contribution < 1.29 is 9.90 Å². The van der Waals surface area contributed by atoms with Gasteiger partial charge in [0.1, 0.15) is 0 Å². The number of hydrogen-bond acceptors (Lipinski definition) is 2. The quantitative estimate of drug-likeness (QED) is 0.758. The SMILES string of the molecule is C=CCNC(=O)CCC(O)c1ccc(C)cc1C. The van der Waals surface area contributed by atoms with Crippen LogP contribution in [0.5, 0.6) is 0 Å². The fourth-order valence-electron chi connectivity index (χ4n) is 1.90. The van der Waals surface area contributed by atoms with Crippen molar-refractivity contribution in [2.24, 2.45) is 0 Å². The number of carbonyl (C=O) groups is 1. The van der Waals surface area contributed by atoms with Crippen molar-refractivity contribution in [3.63, 3.8) is 0 Å². The number of amides is 1. The van der Waals surface area contributed by atoms with Gasteiger partial charge in [0, 0.05) is 13.0 Å². The second-order valence-electron chi connectivity index (χ2n) is 4.51. The Morgan fingerprint density at radius 2 is 2.22 bits per heavy atom. The number of aliphatic hydroxyl groups is 1. The molecule has 18 heavy (non-hydrogen) atoms. The molecule has 0 saturated heterocycles. The average molecular weight is 247 g/mol. The fourth-order valence-corrected chi connectivity index (χ4v) is 1.90. The summed E-state index contributed by atoms with van der Waals surface area (Å²) in [5, 5.41) is 12.8. The van der Waals surface area contributed by atoms with E-state index in [1.54, 1.807) is 6.08 Å². The molecular formula is C15H21NO2. The minimum atomic E-state index is -0.583. The van der Waals surface area contributed by atoms with Gasteiger partial charge in [-0.2, -0.15) is 0 Å². The summed E-state index contributed by atoms with van der Waals surface area (Å²) >= 11 is 0. The zero-order chi connectivity index (χ0) is 13.5. The van der Waals surface area contributed by atoms with Gasteiger partial charge in [-0.05, 0) is 31.4 Å². The number of aliphatic hydroxyl groups excluding tert-OH is 1. The summed E-state index contributed by atoms with van der Waals surface area (Å²) in [4.78, 5) is 11.4. The van der Waals surface area contributed by atoms with Crippen molar-refractivity contribution in [2.45, 2.75) is 32.8 Å². The van der Waals surface area contributed by atoms with Crippen LogP contribution in [0.25, 0.3) is 0 Å². The third kappa shape index (κ3) is 4.34. The zero-order valence-electron chi connectivity index (χ0n) is 11.1. The molecule has 0 spiro atoms. The van der Waals surface area contributed by atoms with E-state index in [1.165, 1.54) is 5.56 Å². The maximum atomic E-state index is 11.4. The first kappa shape index (κ1) is 14.5. The van der Waals surface area contributed by atoms with Crippen LogP contribution in [0.1, 0.15) is 35.6 Å². The van der Waals surface area contributed by atoms with Crippen molar-refractivity contribution in [1.29, 1.82) is 0 Å². The van der Waals surface area contributed by atoms with E-state index < -0.39 is 6.10 Å². The van der Waals surface area contributed by atoms with Gasteiger partial charge in [0.05, 0.1) is 6.10 Å². The van der Waals surface area contributed by atoms with Gasteiger partial charge in [-0.15, -0.1) is 6.58 Å². The molecule has 3 heteroatoms. The predicted molar refractivity (Wildman–Crippen MR) is 73.3 cm³/mol. The standard InChI is InChI=1S/C15H21NO2/c1-4-9-16-15(18)8-7-14(17)13-6-5-11(2)10-12(13)3/h4-6,10,14,17H,1,7-9H2,2-3H3,(H,16,18). The molecule has 3 nitrogen and oxygen atoms in total. The van der Waals surface area contributed by atoms with Crippen molar-refractivity contribution in [1.82, 2.24) is 5.32 Å². The first-order valence-electron chi connectivity index (χ1n) is 6.17. The molecule has 1 aromatic carbocycles. The van der Waals surface area contributed by atoms with Crippen LogP contribution in [-0.2, 0) is 4.79 Å². The van der Waals surface area contributed by atoms with Gasteiger partial charge in [-0.3, -0.25) is 4.79 Å². The molecule has 0 aliphatic rings. The normalized spacial score (nSPS) is 11.9. The summed E-state index contributed by atoms with van der Waals surface area (Å²) < 4.78 is 0. The van der Waals surface area contributed by atoms with Gasteiger partial charge >= 0.3 is 0 Å². The first-order valence-corrected chi connectivity index (χ1v) is 6.17. The van der Waals surface area contributed by atoms with Crippen LogP contribution in [0.2, 0.25) is 0 Å². The maximum Gasteiger partial charge on any atom is 0.220 e. The van der Waals surface area contributed by atoms with Gasteiger partial charge < -0.3 is 10.4 Å². The average Bonchev–Trinajstić information content (AvgIpc) is 2.33. The second-order valence-corrected chi connectivity index (χ2v) is 4.51. The van der Waals surface area contributed by atoms with Crippen molar-refractivity contribution in [2.75, 3.05) is 6.54 Å². The molecular weight excluding hydrogens is 226 g/mol. The molecule has 0 saturated carbocycles. The van der Waals surface area contributed by atoms with E-state index in [1.807, 2.05) is 32.0 Å². The number of nitrogens with one attached hydrogen (secondary N) is 1. The van der Waals surface area contributed by atoms with E-state index in [0.29, 0.717) is 19.4 Å². The third-order valence-corrected chi connectivity index (χ3v) is 2.87. The van der Waals surface area contributed by atoms with E-state index in [4.69, 9.17) is 0 Å². The number of aryl methyl sites for hydroxylation is 2. The monoisotopic (exact) mass is 247 g/mol. The van der Waals surface area contributed by atoms with Crippen LogP contribution in [0, 0.1) is 13.8 Å². The molecule has 0 aromatic heterocycles. The minimum absolute atomic E-state index is 0.0567. The summed E-state index contributed by atoms with van der Waals surface area (Å²) in [6.07, 6.45) is 1.81. The lowest BCUT2D eigenvalue weighted by Crippen LogP contribution is -2.23. The van der Waals surface area contributed by atoms with Gasteiger partial charge in [0.15, 0.2) is 0 Å². The molecule has 0 aliphatic heterocycles. The Kier molecular flexibility index (Phi) is 5.59. The van der Waals surface area contributed by atoms with Crippen molar-refractivity contribution >= 4 is 5.91 Å². The van der Waals surface area contributed by atoms with Crippen LogP contribution >= 0.6 is 0 Å². The molecule has 1 rings (SSSR count). The Bertz CT molecular complexity index is 427. The van der Waals surface area contributed by atoms with E-state index in [9.17, 15) is 9.90 Å². The van der Waals surface area contributed by atoms with Crippen molar-refractivity contribution in [3.8, 4) is 0 Å². The third-order valence-electron chi connectivity index (χ3n) is 2.87. The summed E-state index contributed by atoms with van der Waals surface area (Å²) in [7, 11) is 0. The molecule has 0 fully saturated rings. The lowest BCUT2D eigenvalue weighted by molar-refractivity contribution is -0.121. The summed E-state index contributed by atoms with van der Waals surface area (Å²) in [5.41, 5.74) is 3.14. The summed E-state index contributed by atoms with van der Waals surface area (Å²) in [5.74, 6) is -0.0567. The number of rotatable bonds is 6. The zero-order valence-corrected chi connectivity index (χ0v) is 11.1. The predicted octanol–water partition coefficient (Wildman–Crippen LogP) is 2.42. The molecule has 1 unspecified atom stereocenters. The smallest absolute Gasteiger partial charge is 0.220 e. The van der Waals surface area contributed by atoms with Gasteiger partial charge in [0.25, 0.3) is 0 Å². The van der Waals surface area contributed by atoms with Crippen molar-refractivity contribution in [3.05, 3.63) is 47.5 Å². The molecule has 0 heterocycles. The van der Waals surface area contributed by atoms with Gasteiger partial charge in [-0.25, -0.2) is 0 Å². The fraction of sp³-hybridized carbons (Fsp3) is 0.400. The second kappa shape index (κ2) is 6.97. The Morgan fingerprint density at radius 3 is 2.83 bits per heavy atom. The molecule has 1 atom stereocenters. The largest absolute Gasteiger partial charge is 0.388 e. The molecule has 0 bridgehead atoms. The van der Waals surface area contributed by atoms with E-state index in [-0.39, 0.29) is 5.91 Å². The molecule has 0 radical (unpaired) electrons. The topological polar surface area (TPSA) is 49.3 Å². The Morgan fingerprint density at radius 1 is 1.50 bits per heavy atom. The molecule has 98 valence electrons. The Balaban J connectivity index is 2.52. The highest BCUT2D eigenvalue weighted by Crippen LogP contribution is 2.22. The van der Waals surface area contributed by atoms with Crippen LogP contribution in [0.4, 0.5) is 0 Å². The number of carbonyl (C=O) groups excluding carboxylic acids is 1. The summed E-state index contributed by atoms with van der Waals surface area (Å²) in [6.45, 7) is 8.00.